The molecule has 2 fully saturated rings. The van der Waals surface area contributed by atoms with E-state index >= 15 is 0 Å². The lowest BCUT2D eigenvalue weighted by Gasteiger charge is -2.57. The molecule has 9 N–H and O–H groups in total. The zero-order valence-corrected chi connectivity index (χ0v) is 12.0. The van der Waals surface area contributed by atoms with Gasteiger partial charge in [0.25, 0.3) is 0 Å². The summed E-state index contributed by atoms with van der Waals surface area (Å²) in [5, 5.41) is 89.3. The standard InChI is InChI=1S/C12H22O11/c13-1-4-6(15)8(17)11(20,3-22-4)12(21)7(16)5(2-14)23-10(19)9(12)18/h4-10,13-21H,1-3H2/t4-,5-,6+,7-,8+,9+,10+,11-,12+/m1/s1. The second-order valence-electron chi connectivity index (χ2n) is 5.85. The predicted molar refractivity (Wildman–Crippen MR) is 68.7 cm³/mol. The molecule has 11 heteroatoms. The second-order valence-corrected chi connectivity index (χ2v) is 5.85. The molecule has 0 aromatic heterocycles. The molecular weight excluding hydrogens is 320 g/mol. The first-order valence-corrected chi connectivity index (χ1v) is 6.99. The predicted octanol–water partition coefficient (Wildman–Crippen LogP) is -6.01. The quantitative estimate of drug-likeness (QED) is 0.236. The third-order valence-corrected chi connectivity index (χ3v) is 4.60. The number of ether oxygens (including phenoxy) is 2. The summed E-state index contributed by atoms with van der Waals surface area (Å²) in [6.45, 7) is -2.45. The Morgan fingerprint density at radius 2 is 1.39 bits per heavy atom. The van der Waals surface area contributed by atoms with Crippen LogP contribution in [0.4, 0.5) is 0 Å². The summed E-state index contributed by atoms with van der Waals surface area (Å²) in [6.07, 6.45) is -13.4. The first-order valence-electron chi connectivity index (χ1n) is 6.99. The van der Waals surface area contributed by atoms with Gasteiger partial charge in [0.15, 0.2) is 17.5 Å². The average molecular weight is 342 g/mol. The highest BCUT2D eigenvalue weighted by atomic mass is 16.6. The van der Waals surface area contributed by atoms with Gasteiger partial charge < -0.3 is 55.4 Å². The molecule has 2 heterocycles. The van der Waals surface area contributed by atoms with Crippen molar-refractivity contribution in [3.05, 3.63) is 0 Å². The molecule has 2 aliphatic rings. The van der Waals surface area contributed by atoms with Crippen LogP contribution in [0.3, 0.4) is 0 Å². The van der Waals surface area contributed by atoms with Gasteiger partial charge in [-0.3, -0.25) is 0 Å². The van der Waals surface area contributed by atoms with Crippen molar-refractivity contribution < 1.29 is 55.4 Å². The Kier molecular flexibility index (Phi) is 5.31. The molecule has 9 atom stereocenters. The van der Waals surface area contributed by atoms with Crippen molar-refractivity contribution in [2.45, 2.75) is 54.1 Å². The van der Waals surface area contributed by atoms with Crippen LogP contribution in [-0.4, -0.2) is 120 Å². The van der Waals surface area contributed by atoms with Crippen molar-refractivity contribution in [3.8, 4) is 0 Å². The first-order chi connectivity index (χ1) is 10.6. The average Bonchev–Trinajstić information content (AvgIpc) is 2.54. The van der Waals surface area contributed by atoms with E-state index in [-0.39, 0.29) is 0 Å². The maximum atomic E-state index is 10.7. The van der Waals surface area contributed by atoms with Gasteiger partial charge >= 0.3 is 0 Å². The fraction of sp³-hybridized carbons (Fsp3) is 1.00. The van der Waals surface area contributed by atoms with E-state index < -0.39 is 73.9 Å². The Hall–Kier alpha value is -0.440. The van der Waals surface area contributed by atoms with Gasteiger partial charge in [0, 0.05) is 0 Å². The Morgan fingerprint density at radius 1 is 0.826 bits per heavy atom. The molecule has 2 rings (SSSR count). The molecule has 2 saturated heterocycles. The molecule has 0 amide bonds. The fourth-order valence-electron chi connectivity index (χ4n) is 3.08. The van der Waals surface area contributed by atoms with Crippen molar-refractivity contribution in [2.75, 3.05) is 19.8 Å². The van der Waals surface area contributed by atoms with Crippen molar-refractivity contribution in [3.63, 3.8) is 0 Å². The number of hydrogen-bond acceptors (Lipinski definition) is 11. The summed E-state index contributed by atoms with van der Waals surface area (Å²) in [6, 6.07) is 0. The molecule has 0 bridgehead atoms. The van der Waals surface area contributed by atoms with Crippen molar-refractivity contribution in [1.82, 2.24) is 0 Å². The molecule has 0 aliphatic carbocycles. The van der Waals surface area contributed by atoms with Gasteiger partial charge in [-0.2, -0.15) is 0 Å². The van der Waals surface area contributed by atoms with E-state index in [9.17, 15) is 35.7 Å². The van der Waals surface area contributed by atoms with Gasteiger partial charge in [-0.1, -0.05) is 0 Å². The highest BCUT2D eigenvalue weighted by Gasteiger charge is 2.70. The molecule has 0 unspecified atom stereocenters. The maximum absolute atomic E-state index is 10.7. The van der Waals surface area contributed by atoms with Gasteiger partial charge in [0.2, 0.25) is 0 Å². The molecule has 2 aliphatic heterocycles. The lowest BCUT2D eigenvalue weighted by molar-refractivity contribution is -0.388. The summed E-state index contributed by atoms with van der Waals surface area (Å²) in [5.74, 6) is 0. The van der Waals surface area contributed by atoms with Crippen molar-refractivity contribution in [2.24, 2.45) is 0 Å². The largest absolute Gasteiger partial charge is 0.394 e. The molecule has 136 valence electrons. The molecule has 23 heavy (non-hydrogen) atoms. The van der Waals surface area contributed by atoms with Crippen LogP contribution in [0.2, 0.25) is 0 Å². The topological polar surface area (TPSA) is 201 Å². The zero-order valence-electron chi connectivity index (χ0n) is 12.0. The van der Waals surface area contributed by atoms with E-state index in [0.717, 1.165) is 0 Å². The van der Waals surface area contributed by atoms with E-state index in [2.05, 4.69) is 0 Å². The Bertz CT molecular complexity index is 422. The van der Waals surface area contributed by atoms with Crippen molar-refractivity contribution in [1.29, 1.82) is 0 Å². The SMILES string of the molecule is OC[C@H]1OC[C@](O)([C@]2(O)[C@H](O)[C@@H](CO)O[C@H](O)[C@@H]2O)[C@@H](O)[C@H]1O. The normalized spacial score (nSPS) is 54.9. The zero-order chi connectivity index (χ0) is 17.6. The Morgan fingerprint density at radius 3 is 1.91 bits per heavy atom. The molecule has 0 aromatic carbocycles. The number of aliphatic hydroxyl groups excluding tert-OH is 7. The Labute approximate surface area is 130 Å². The highest BCUT2D eigenvalue weighted by molar-refractivity contribution is 5.18. The van der Waals surface area contributed by atoms with Gasteiger partial charge in [0.05, 0.1) is 19.8 Å². The Balaban J connectivity index is 2.42. The van der Waals surface area contributed by atoms with Crippen LogP contribution in [-0.2, 0) is 9.47 Å². The highest BCUT2D eigenvalue weighted by Crippen LogP contribution is 2.42. The first kappa shape index (κ1) is 18.9. The van der Waals surface area contributed by atoms with Crippen LogP contribution in [0.1, 0.15) is 0 Å². The number of hydrogen-bond donors (Lipinski definition) is 9. The molecule has 0 aromatic rings. The monoisotopic (exact) mass is 342 g/mol. The minimum atomic E-state index is -3.00. The number of rotatable bonds is 3. The van der Waals surface area contributed by atoms with Crippen LogP contribution in [0.15, 0.2) is 0 Å². The summed E-state index contributed by atoms with van der Waals surface area (Å²) < 4.78 is 9.67. The van der Waals surface area contributed by atoms with Crippen LogP contribution in [0.25, 0.3) is 0 Å². The molecule has 11 nitrogen and oxygen atoms in total. The molecule has 0 spiro atoms. The van der Waals surface area contributed by atoms with E-state index in [1.807, 2.05) is 0 Å². The molecular formula is C12H22O11. The van der Waals surface area contributed by atoms with Gasteiger partial charge in [-0.05, 0) is 0 Å². The fourth-order valence-corrected chi connectivity index (χ4v) is 3.08. The molecule has 0 radical (unpaired) electrons. The van der Waals surface area contributed by atoms with Gasteiger partial charge in [-0.15, -0.1) is 0 Å². The lowest BCUT2D eigenvalue weighted by atomic mass is 9.66. The van der Waals surface area contributed by atoms with Crippen LogP contribution in [0.5, 0.6) is 0 Å². The summed E-state index contributed by atoms with van der Waals surface area (Å²) in [7, 11) is 0. The summed E-state index contributed by atoms with van der Waals surface area (Å²) >= 11 is 0. The summed E-state index contributed by atoms with van der Waals surface area (Å²) in [5.41, 5.74) is -5.83. The van der Waals surface area contributed by atoms with Crippen LogP contribution in [0, 0.1) is 0 Å². The third-order valence-electron chi connectivity index (χ3n) is 4.60. The van der Waals surface area contributed by atoms with E-state index in [1.165, 1.54) is 0 Å². The smallest absolute Gasteiger partial charge is 0.184 e. The van der Waals surface area contributed by atoms with Gasteiger partial charge in [-0.25, -0.2) is 0 Å². The molecule has 0 saturated carbocycles. The minimum Gasteiger partial charge on any atom is -0.394 e. The lowest BCUT2D eigenvalue weighted by Crippen LogP contribution is -2.82. The second kappa shape index (κ2) is 6.46. The van der Waals surface area contributed by atoms with E-state index in [1.54, 1.807) is 0 Å². The number of aliphatic hydroxyl groups is 9. The van der Waals surface area contributed by atoms with E-state index in [0.29, 0.717) is 0 Å². The van der Waals surface area contributed by atoms with Crippen LogP contribution < -0.4 is 0 Å². The third kappa shape index (κ3) is 2.58. The summed E-state index contributed by atoms with van der Waals surface area (Å²) in [4.78, 5) is 0. The van der Waals surface area contributed by atoms with E-state index in [4.69, 9.17) is 19.7 Å². The van der Waals surface area contributed by atoms with Crippen LogP contribution >= 0.6 is 0 Å². The minimum absolute atomic E-state index is 0.692. The van der Waals surface area contributed by atoms with Crippen molar-refractivity contribution >= 4 is 0 Å². The maximum Gasteiger partial charge on any atom is 0.184 e. The van der Waals surface area contributed by atoms with Gasteiger partial charge in [0.1, 0.15) is 36.6 Å².